The molecule has 156 valence electrons. The lowest BCUT2D eigenvalue weighted by Crippen LogP contribution is -2.17. The second-order valence-electron chi connectivity index (χ2n) is 6.40. The summed E-state index contributed by atoms with van der Waals surface area (Å²) >= 11 is 3.14. The summed E-state index contributed by atoms with van der Waals surface area (Å²) in [6.07, 6.45) is 0. The van der Waals surface area contributed by atoms with Gasteiger partial charge in [-0.1, -0.05) is 46.3 Å². The third kappa shape index (κ3) is 3.80. The summed E-state index contributed by atoms with van der Waals surface area (Å²) in [6.45, 7) is 0. The molecule has 1 amide bonds. The fraction of sp³-hybridized carbons (Fsp3) is 0. The van der Waals surface area contributed by atoms with Crippen molar-refractivity contribution in [3.63, 3.8) is 0 Å². The van der Waals surface area contributed by atoms with E-state index in [2.05, 4.69) is 26.3 Å². The number of nitrogens with zero attached hydrogens (tertiary/aromatic N) is 3. The van der Waals surface area contributed by atoms with E-state index in [1.54, 1.807) is 42.5 Å². The van der Waals surface area contributed by atoms with E-state index < -0.39 is 26.5 Å². The molecule has 1 heterocycles. The largest absolute Gasteiger partial charge is 0.304 e. The second-order valence-corrected chi connectivity index (χ2v) is 9.08. The highest BCUT2D eigenvalue weighted by Gasteiger charge is 2.26. The number of amides is 1. The van der Waals surface area contributed by atoms with Crippen molar-refractivity contribution in [2.75, 3.05) is 5.32 Å². The molecule has 0 bridgehead atoms. The number of anilines is 1. The molecule has 9 nitrogen and oxygen atoms in total. The maximum Gasteiger partial charge on any atom is 0.283 e. The van der Waals surface area contributed by atoms with E-state index in [9.17, 15) is 23.3 Å². The van der Waals surface area contributed by atoms with Gasteiger partial charge in [0.15, 0.2) is 5.82 Å². The van der Waals surface area contributed by atoms with Gasteiger partial charge in [-0.3, -0.25) is 14.9 Å². The molecular weight excluding hydrogens is 488 g/mol. The molecule has 0 saturated carbocycles. The van der Waals surface area contributed by atoms with Crippen molar-refractivity contribution >= 4 is 54.3 Å². The molecule has 0 saturated heterocycles. The van der Waals surface area contributed by atoms with Gasteiger partial charge in [-0.15, -0.1) is 5.10 Å². The molecule has 0 aliphatic heterocycles. The Morgan fingerprint density at radius 2 is 1.71 bits per heavy atom. The zero-order valence-electron chi connectivity index (χ0n) is 15.6. The van der Waals surface area contributed by atoms with Crippen LogP contribution in [0.5, 0.6) is 0 Å². The second kappa shape index (κ2) is 7.93. The molecule has 4 aromatic rings. The number of fused-ring (bicyclic) bond motifs is 1. The minimum Gasteiger partial charge on any atom is -0.304 e. The number of nitro groups is 1. The molecule has 0 aliphatic rings. The van der Waals surface area contributed by atoms with Crippen molar-refractivity contribution in [2.24, 2.45) is 0 Å². The standard InChI is InChI=1S/C20H13BrN4O5S/c21-13-10-11-16(18(12-13)25(27)28)20(26)22-19-15-8-4-5-9-17(15)24(23-19)31(29,30)14-6-2-1-3-7-14/h1-12H,(H,22,23,26). The number of nitro benzene ring substituents is 1. The highest BCUT2D eigenvalue weighted by molar-refractivity contribution is 9.10. The van der Waals surface area contributed by atoms with Gasteiger partial charge in [0.2, 0.25) is 0 Å². The maximum atomic E-state index is 13.1. The Morgan fingerprint density at radius 1 is 1.03 bits per heavy atom. The molecule has 31 heavy (non-hydrogen) atoms. The predicted molar refractivity (Wildman–Crippen MR) is 118 cm³/mol. The van der Waals surface area contributed by atoms with Crippen LogP contribution in [0.15, 0.2) is 82.2 Å². The van der Waals surface area contributed by atoms with Crippen molar-refractivity contribution in [1.82, 2.24) is 9.19 Å². The van der Waals surface area contributed by atoms with Crippen LogP contribution in [0, 0.1) is 10.1 Å². The highest BCUT2D eigenvalue weighted by Crippen LogP contribution is 2.29. The highest BCUT2D eigenvalue weighted by atomic mass is 79.9. The Hall–Kier alpha value is -3.57. The van der Waals surface area contributed by atoms with Gasteiger partial charge in [-0.2, -0.15) is 12.5 Å². The topological polar surface area (TPSA) is 124 Å². The summed E-state index contributed by atoms with van der Waals surface area (Å²) in [6, 6.07) is 18.2. The van der Waals surface area contributed by atoms with Crippen molar-refractivity contribution in [3.8, 4) is 0 Å². The van der Waals surface area contributed by atoms with Gasteiger partial charge in [-0.05, 0) is 36.4 Å². The van der Waals surface area contributed by atoms with Gasteiger partial charge in [0.1, 0.15) is 5.56 Å². The average molecular weight is 501 g/mol. The van der Waals surface area contributed by atoms with Crippen LogP contribution in [0.3, 0.4) is 0 Å². The summed E-state index contributed by atoms with van der Waals surface area (Å²) in [5.74, 6) is -0.816. The zero-order chi connectivity index (χ0) is 22.2. The first-order valence-electron chi connectivity index (χ1n) is 8.83. The van der Waals surface area contributed by atoms with Gasteiger partial charge >= 0.3 is 0 Å². The number of carbonyl (C=O) groups is 1. The van der Waals surface area contributed by atoms with Crippen LogP contribution in [-0.4, -0.2) is 28.4 Å². The van der Waals surface area contributed by atoms with Gasteiger partial charge in [0.25, 0.3) is 21.6 Å². The number of benzene rings is 3. The summed E-state index contributed by atoms with van der Waals surface area (Å²) in [5.41, 5.74) is -0.322. The minimum atomic E-state index is -4.03. The lowest BCUT2D eigenvalue weighted by atomic mass is 10.1. The van der Waals surface area contributed by atoms with Crippen molar-refractivity contribution in [2.45, 2.75) is 4.90 Å². The smallest absolute Gasteiger partial charge is 0.283 e. The van der Waals surface area contributed by atoms with E-state index in [1.807, 2.05) is 0 Å². The van der Waals surface area contributed by atoms with E-state index in [0.29, 0.717) is 9.86 Å². The molecule has 1 aromatic heterocycles. The number of hydrogen-bond donors (Lipinski definition) is 1. The van der Waals surface area contributed by atoms with Crippen LogP contribution in [0.4, 0.5) is 11.5 Å². The van der Waals surface area contributed by atoms with Crippen LogP contribution < -0.4 is 5.32 Å². The molecule has 0 fully saturated rings. The van der Waals surface area contributed by atoms with Gasteiger partial charge in [-0.25, -0.2) is 0 Å². The van der Waals surface area contributed by atoms with E-state index in [0.717, 1.165) is 4.09 Å². The fourth-order valence-corrected chi connectivity index (χ4v) is 4.69. The number of halogens is 1. The van der Waals surface area contributed by atoms with Crippen LogP contribution >= 0.6 is 15.9 Å². The van der Waals surface area contributed by atoms with Gasteiger partial charge < -0.3 is 5.32 Å². The molecule has 0 spiro atoms. The molecular formula is C20H13BrN4O5S. The summed E-state index contributed by atoms with van der Waals surface area (Å²) in [7, 11) is -4.03. The van der Waals surface area contributed by atoms with E-state index in [-0.39, 0.29) is 21.8 Å². The van der Waals surface area contributed by atoms with Crippen molar-refractivity contribution in [1.29, 1.82) is 0 Å². The Morgan fingerprint density at radius 3 is 2.42 bits per heavy atom. The average Bonchev–Trinajstić information content (AvgIpc) is 3.13. The number of aromatic nitrogens is 2. The molecule has 0 unspecified atom stereocenters. The molecule has 0 atom stereocenters. The first-order valence-corrected chi connectivity index (χ1v) is 11.1. The molecule has 11 heteroatoms. The molecule has 1 N–H and O–H groups in total. The lowest BCUT2D eigenvalue weighted by molar-refractivity contribution is -0.385. The van der Waals surface area contributed by atoms with Crippen LogP contribution in [0.1, 0.15) is 10.4 Å². The normalized spacial score (nSPS) is 11.4. The lowest BCUT2D eigenvalue weighted by Gasteiger charge is -2.05. The van der Waals surface area contributed by atoms with E-state index in [1.165, 1.54) is 30.3 Å². The minimum absolute atomic E-state index is 0.0303. The van der Waals surface area contributed by atoms with Crippen LogP contribution in [0.2, 0.25) is 0 Å². The maximum absolute atomic E-state index is 13.1. The Bertz CT molecular complexity index is 1430. The quantitative estimate of drug-likeness (QED) is 0.323. The SMILES string of the molecule is O=C(Nc1nn(S(=O)(=O)c2ccccc2)c2ccccc12)c1ccc(Br)cc1[N+](=O)[O-]. The van der Waals surface area contributed by atoms with Crippen LogP contribution in [0.25, 0.3) is 10.9 Å². The fourth-order valence-electron chi connectivity index (χ4n) is 3.03. The Balaban J connectivity index is 1.81. The Kier molecular flexibility index (Phi) is 5.29. The monoisotopic (exact) mass is 500 g/mol. The first kappa shape index (κ1) is 20.7. The van der Waals surface area contributed by atoms with Gasteiger partial charge in [0.05, 0.1) is 15.3 Å². The first-order chi connectivity index (χ1) is 14.8. The number of rotatable bonds is 5. The van der Waals surface area contributed by atoms with Gasteiger partial charge in [0, 0.05) is 15.9 Å². The number of nitrogens with one attached hydrogen (secondary N) is 1. The third-order valence-corrected chi connectivity index (χ3v) is 6.55. The number of para-hydroxylation sites is 1. The van der Waals surface area contributed by atoms with E-state index >= 15 is 0 Å². The molecule has 4 rings (SSSR count). The molecule has 3 aromatic carbocycles. The third-order valence-electron chi connectivity index (χ3n) is 4.46. The summed E-state index contributed by atoms with van der Waals surface area (Å²) < 4.78 is 27.5. The van der Waals surface area contributed by atoms with Crippen LogP contribution in [-0.2, 0) is 10.0 Å². The molecule has 0 radical (unpaired) electrons. The summed E-state index contributed by atoms with van der Waals surface area (Å²) in [5, 5.41) is 18.3. The van der Waals surface area contributed by atoms with Crippen molar-refractivity contribution in [3.05, 3.63) is 92.9 Å². The Labute approximate surface area is 184 Å². The van der Waals surface area contributed by atoms with E-state index in [4.69, 9.17) is 0 Å². The number of carbonyl (C=O) groups excluding carboxylic acids is 1. The summed E-state index contributed by atoms with van der Waals surface area (Å²) in [4.78, 5) is 23.5. The predicted octanol–water partition coefficient (Wildman–Crippen LogP) is 4.20. The molecule has 0 aliphatic carbocycles. The zero-order valence-corrected chi connectivity index (χ0v) is 18.0. The van der Waals surface area contributed by atoms with Crippen molar-refractivity contribution < 1.29 is 18.1 Å². The number of hydrogen-bond acceptors (Lipinski definition) is 6.